The summed E-state index contributed by atoms with van der Waals surface area (Å²) in [5.41, 5.74) is -5.22. The van der Waals surface area contributed by atoms with Gasteiger partial charge in [0.1, 0.15) is 5.82 Å². The zero-order valence-electron chi connectivity index (χ0n) is 24.4. The van der Waals surface area contributed by atoms with Crippen molar-refractivity contribution in [1.82, 2.24) is 10.6 Å². The highest BCUT2D eigenvalue weighted by Crippen LogP contribution is 2.38. The van der Waals surface area contributed by atoms with Crippen molar-refractivity contribution >= 4 is 260 Å². The molecule has 32 heteroatoms. The van der Waals surface area contributed by atoms with Crippen LogP contribution in [0, 0.1) is 5.82 Å². The summed E-state index contributed by atoms with van der Waals surface area (Å²) in [5.74, 6) is -1.51. The maximum Gasteiger partial charge on any atom is 0.416 e. The first-order chi connectivity index (χ1) is 14.7. The Morgan fingerprint density at radius 2 is 0.923 bits per heavy atom. The van der Waals surface area contributed by atoms with E-state index in [9.17, 15) is 40.3 Å². The molecule has 1 aliphatic rings. The lowest BCUT2D eigenvalue weighted by Gasteiger charge is -2.28. The van der Waals surface area contributed by atoms with E-state index in [1.165, 1.54) is 19.1 Å². The van der Waals surface area contributed by atoms with Crippen LogP contribution in [0.3, 0.4) is 0 Å². The molecule has 5 nitrogen and oxygen atoms in total. The number of carbonyl (C=O) groups is 2. The minimum atomic E-state index is -5.04. The Balaban J connectivity index is -0.0000000361. The van der Waals surface area contributed by atoms with Gasteiger partial charge in [-0.3, -0.25) is 10.1 Å². The summed E-state index contributed by atoms with van der Waals surface area (Å²) in [5, 5.41) is 4.31. The molecular weight excluding hydrogens is 1160 g/mol. The van der Waals surface area contributed by atoms with Crippen LogP contribution < -0.4 is 10.6 Å². The lowest BCUT2D eigenvalue weighted by molar-refractivity contribution is -0.143. The van der Waals surface area contributed by atoms with Gasteiger partial charge in [0.15, 0.2) is 5.54 Å². The first kappa shape index (κ1) is 117. The van der Waals surface area contributed by atoms with Gasteiger partial charge < -0.3 is 10.1 Å². The third kappa shape index (κ3) is 30.7. The first-order valence-electron chi connectivity index (χ1n) is 9.03. The summed E-state index contributed by atoms with van der Waals surface area (Å²) in [4.78, 5) is 24.2. The summed E-state index contributed by atoms with van der Waals surface area (Å²) in [7, 11) is 0. The van der Waals surface area contributed by atoms with Gasteiger partial charge in [-0.2, -0.15) is 26.3 Å². The molecule has 0 radical (unpaired) electrons. The molecule has 0 unspecified atom stereocenters. The SMILES string of the molecule is C[C@@H](OC[C@]1(c2ccc(F)cc2)NC(=O)NC1=O)c1cc(C(F)(F)F)cc(C(F)(F)F)c1.Cl.Cl.Cl.Cl.Cl.Cl.Cl.Cl.Cl.Cl.Cl.Cl.Cl.Cl.Cl.Cl.Cl.Cl.Cl.Cl. The van der Waals surface area contributed by atoms with Crippen LogP contribution in [0.2, 0.25) is 0 Å². The minimum Gasteiger partial charge on any atom is -0.370 e. The van der Waals surface area contributed by atoms with Crippen molar-refractivity contribution in [2.24, 2.45) is 0 Å². The predicted octanol–water partition coefficient (Wildman–Crippen LogP) is 13.1. The zero-order chi connectivity index (χ0) is 23.9. The Kier molecular flexibility index (Phi) is 108. The Morgan fingerprint density at radius 1 is 0.596 bits per heavy atom. The number of benzene rings is 2. The van der Waals surface area contributed by atoms with Crippen LogP contribution in [0.1, 0.15) is 35.3 Å². The van der Waals surface area contributed by atoms with E-state index in [0.29, 0.717) is 12.1 Å². The van der Waals surface area contributed by atoms with E-state index in [4.69, 9.17) is 4.74 Å². The van der Waals surface area contributed by atoms with Gasteiger partial charge in [0.05, 0.1) is 23.8 Å². The summed E-state index contributed by atoms with van der Waals surface area (Å²) in [6.45, 7) is 0.553. The van der Waals surface area contributed by atoms with Crippen LogP contribution in [-0.4, -0.2) is 18.5 Å². The number of urea groups is 1. The van der Waals surface area contributed by atoms with E-state index in [2.05, 4.69) is 5.32 Å². The van der Waals surface area contributed by atoms with Gasteiger partial charge >= 0.3 is 18.4 Å². The van der Waals surface area contributed by atoms with Crippen molar-refractivity contribution in [3.05, 3.63) is 70.5 Å². The summed E-state index contributed by atoms with van der Waals surface area (Å²) < 4.78 is 97.3. The zero-order valence-corrected chi connectivity index (χ0v) is 40.7. The monoisotopic (exact) mass is 1180 g/mol. The summed E-state index contributed by atoms with van der Waals surface area (Å²) in [6.07, 6.45) is -11.4. The molecular formula is C20H35Cl20F7N2O3. The van der Waals surface area contributed by atoms with Gasteiger partial charge in [-0.1, -0.05) is 12.1 Å². The van der Waals surface area contributed by atoms with E-state index in [-0.39, 0.29) is 260 Å². The van der Waals surface area contributed by atoms with Gasteiger partial charge in [0.25, 0.3) is 5.91 Å². The average Bonchev–Trinajstić information content (AvgIpc) is 2.99. The van der Waals surface area contributed by atoms with Crippen LogP contribution in [0.5, 0.6) is 0 Å². The first-order valence-corrected chi connectivity index (χ1v) is 9.03. The number of ether oxygens (including phenoxy) is 1. The molecule has 1 fully saturated rings. The second-order valence-electron chi connectivity index (χ2n) is 7.11. The largest absolute Gasteiger partial charge is 0.416 e. The highest BCUT2D eigenvalue weighted by Gasteiger charge is 2.48. The fourth-order valence-corrected chi connectivity index (χ4v) is 3.17. The van der Waals surface area contributed by atoms with E-state index in [0.717, 1.165) is 12.1 Å². The molecule has 52 heavy (non-hydrogen) atoms. The second kappa shape index (κ2) is 48.0. The minimum absolute atomic E-state index is 0. The molecule has 0 bridgehead atoms. The molecule has 0 spiro atoms. The molecule has 1 saturated heterocycles. The van der Waals surface area contributed by atoms with Crippen LogP contribution >= 0.6 is 248 Å². The maximum atomic E-state index is 13.3. The van der Waals surface area contributed by atoms with Gasteiger partial charge in [0, 0.05) is 0 Å². The summed E-state index contributed by atoms with van der Waals surface area (Å²) >= 11 is 0. The van der Waals surface area contributed by atoms with Crippen molar-refractivity contribution in [2.45, 2.75) is 30.9 Å². The number of hydrogen-bond acceptors (Lipinski definition) is 3. The number of halogens is 27. The van der Waals surface area contributed by atoms with Crippen molar-refractivity contribution in [1.29, 1.82) is 0 Å². The summed E-state index contributed by atoms with van der Waals surface area (Å²) in [6, 6.07) is 4.54. The standard InChI is InChI=1S/C20H15F7N2O3.20ClH/c1-10(11-6-13(19(22,23)24)8-14(7-11)20(25,26)27)32-9-18(16(30)28-17(31)29-18)12-2-4-15(21)5-3-12;;;;;;;;;;;;;;;;;;;;/h2-8,10H,9H2,1H3,(H2,28,29,30,31);20*1H/t10-,18-;;;;;;;;;;;;;;;;;;;;/m1..................../s1. The van der Waals surface area contributed by atoms with E-state index >= 15 is 0 Å². The molecule has 0 aliphatic carbocycles. The van der Waals surface area contributed by atoms with Gasteiger partial charge in [-0.15, -0.1) is 248 Å². The second-order valence-corrected chi connectivity index (χ2v) is 7.11. The van der Waals surface area contributed by atoms with Crippen LogP contribution in [0.25, 0.3) is 0 Å². The lowest BCUT2D eigenvalue weighted by atomic mass is 9.90. The number of carbonyl (C=O) groups excluding carboxylic acids is 2. The maximum absolute atomic E-state index is 13.3. The number of rotatable bonds is 5. The van der Waals surface area contributed by atoms with Gasteiger partial charge in [-0.25, -0.2) is 9.18 Å². The predicted molar refractivity (Wildman–Crippen MR) is 241 cm³/mol. The van der Waals surface area contributed by atoms with Crippen LogP contribution in [-0.2, 0) is 27.4 Å². The molecule has 1 aliphatic heterocycles. The van der Waals surface area contributed by atoms with Crippen molar-refractivity contribution < 1.29 is 45.1 Å². The molecule has 3 rings (SSSR count). The number of amides is 3. The van der Waals surface area contributed by atoms with Crippen LogP contribution in [0.15, 0.2) is 42.5 Å². The van der Waals surface area contributed by atoms with Crippen LogP contribution in [0.4, 0.5) is 35.5 Å². The van der Waals surface area contributed by atoms with E-state index < -0.39 is 65.0 Å². The molecule has 2 aromatic carbocycles. The van der Waals surface area contributed by atoms with Crippen molar-refractivity contribution in [2.75, 3.05) is 6.61 Å². The molecule has 1 heterocycles. The van der Waals surface area contributed by atoms with Gasteiger partial charge in [0.2, 0.25) is 0 Å². The molecule has 3 amide bonds. The Bertz CT molecular complexity index is 1050. The number of hydrogen-bond donors (Lipinski definition) is 2. The van der Waals surface area contributed by atoms with E-state index in [1.807, 2.05) is 5.32 Å². The topological polar surface area (TPSA) is 67.4 Å². The Hall–Kier alpha value is 2.65. The van der Waals surface area contributed by atoms with Gasteiger partial charge in [-0.05, 0) is 48.4 Å². The normalized spacial score (nSPS) is 12.4. The highest BCUT2D eigenvalue weighted by molar-refractivity contribution is 6.07. The lowest BCUT2D eigenvalue weighted by Crippen LogP contribution is -2.48. The molecule has 2 aromatic rings. The molecule has 0 saturated carbocycles. The smallest absolute Gasteiger partial charge is 0.370 e. The number of imide groups is 1. The third-order valence-corrected chi connectivity index (χ3v) is 4.91. The molecule has 2 atom stereocenters. The third-order valence-electron chi connectivity index (χ3n) is 4.91. The van der Waals surface area contributed by atoms with Crippen molar-refractivity contribution in [3.63, 3.8) is 0 Å². The molecule has 332 valence electrons. The Morgan fingerprint density at radius 3 is 1.19 bits per heavy atom. The fraction of sp³-hybridized carbons (Fsp3) is 0.300. The highest BCUT2D eigenvalue weighted by atomic mass is 35.5. The fourth-order valence-electron chi connectivity index (χ4n) is 3.17. The quantitative estimate of drug-likeness (QED) is 0.232. The van der Waals surface area contributed by atoms with Crippen molar-refractivity contribution in [3.8, 4) is 0 Å². The molecule has 2 N–H and O–H groups in total. The van der Waals surface area contributed by atoms with E-state index in [1.54, 1.807) is 0 Å². The Labute approximate surface area is 419 Å². The number of alkyl halides is 6. The average molecular weight is 1190 g/mol. The number of nitrogens with one attached hydrogen (secondary N) is 2. The molecule has 0 aromatic heterocycles.